The monoisotopic (exact) mass is 401 g/mol. The summed E-state index contributed by atoms with van der Waals surface area (Å²) < 4.78 is 0. The Kier molecular flexibility index (Phi) is 8.11. The fourth-order valence-electron chi connectivity index (χ4n) is 3.02. The molecule has 1 atom stereocenters. The Morgan fingerprint density at radius 2 is 1.72 bits per heavy atom. The highest BCUT2D eigenvalue weighted by atomic mass is 16.8. The van der Waals surface area contributed by atoms with Crippen LogP contribution in [-0.2, 0) is 20.8 Å². The fourth-order valence-corrected chi connectivity index (χ4v) is 3.02. The van der Waals surface area contributed by atoms with Crippen molar-refractivity contribution < 1.29 is 24.8 Å². The van der Waals surface area contributed by atoms with Crippen LogP contribution < -0.4 is 10.6 Å². The first-order valence-corrected chi connectivity index (χ1v) is 9.54. The fraction of sp³-hybridized carbons (Fsp3) is 0.381. The van der Waals surface area contributed by atoms with Gasteiger partial charge in [0.1, 0.15) is 0 Å². The van der Waals surface area contributed by atoms with E-state index in [1.165, 1.54) is 6.08 Å². The Balaban J connectivity index is 2.03. The van der Waals surface area contributed by atoms with Gasteiger partial charge in [0.05, 0.1) is 6.42 Å². The number of nitrogens with one attached hydrogen (secondary N) is 2. The molecule has 0 bridgehead atoms. The molecule has 0 saturated heterocycles. The molecule has 0 saturated carbocycles. The molecule has 8 heteroatoms. The van der Waals surface area contributed by atoms with Crippen LogP contribution in [0.1, 0.15) is 31.7 Å². The summed E-state index contributed by atoms with van der Waals surface area (Å²) in [6.07, 6.45) is 6.48. The molecule has 29 heavy (non-hydrogen) atoms. The standard InChI is InChI=1S/C21H27N3O5/c1-2-6-18(25)22-14-21(11-9-17(10-12-21)20(27)24(28)29)15-23-19(26)13-16-7-4-3-5-8-16/h3-5,7-11,28-29H,2,6,12-15H2,1H3,(H,22,25)(H,23,26). The zero-order valence-electron chi connectivity index (χ0n) is 16.4. The zero-order valence-corrected chi connectivity index (χ0v) is 16.4. The second kappa shape index (κ2) is 10.5. The molecule has 3 amide bonds. The van der Waals surface area contributed by atoms with Gasteiger partial charge in [0.25, 0.3) is 0 Å². The number of benzene rings is 1. The molecule has 1 aliphatic carbocycles. The van der Waals surface area contributed by atoms with Crippen molar-refractivity contribution in [2.45, 2.75) is 32.6 Å². The Hall–Kier alpha value is -2.97. The number of nitrogens with zero attached hydrogens (tertiary/aromatic N) is 1. The molecule has 1 unspecified atom stereocenters. The second-order valence-corrected chi connectivity index (χ2v) is 7.12. The highest BCUT2D eigenvalue weighted by molar-refractivity contribution is 5.95. The molecule has 1 aliphatic rings. The highest BCUT2D eigenvalue weighted by Gasteiger charge is 2.31. The van der Waals surface area contributed by atoms with Crippen molar-refractivity contribution in [3.63, 3.8) is 0 Å². The van der Waals surface area contributed by atoms with Gasteiger partial charge in [-0.25, -0.2) is 0 Å². The van der Waals surface area contributed by atoms with E-state index >= 15 is 0 Å². The maximum absolute atomic E-state index is 12.3. The lowest BCUT2D eigenvalue weighted by Gasteiger charge is -2.33. The van der Waals surface area contributed by atoms with E-state index < -0.39 is 16.5 Å². The zero-order chi connectivity index (χ0) is 21.3. The number of hydrogen-bond acceptors (Lipinski definition) is 5. The Morgan fingerprint density at radius 3 is 2.28 bits per heavy atom. The van der Waals surface area contributed by atoms with Gasteiger partial charge in [0, 0.05) is 30.5 Å². The molecule has 0 spiro atoms. The molecule has 0 fully saturated rings. The largest absolute Gasteiger partial charge is 0.355 e. The van der Waals surface area contributed by atoms with Crippen LogP contribution in [0, 0.1) is 5.41 Å². The van der Waals surface area contributed by atoms with Crippen LogP contribution in [0.15, 0.2) is 54.1 Å². The van der Waals surface area contributed by atoms with Crippen LogP contribution in [0.3, 0.4) is 0 Å². The van der Waals surface area contributed by atoms with E-state index in [1.807, 2.05) is 37.3 Å². The van der Waals surface area contributed by atoms with E-state index in [1.54, 1.807) is 12.2 Å². The average molecular weight is 401 g/mol. The number of carbonyl (C=O) groups is 3. The molecule has 156 valence electrons. The molecule has 0 aromatic heterocycles. The van der Waals surface area contributed by atoms with Gasteiger partial charge >= 0.3 is 5.91 Å². The summed E-state index contributed by atoms with van der Waals surface area (Å²) in [5, 5.41) is 23.1. The van der Waals surface area contributed by atoms with Gasteiger partial charge in [-0.3, -0.25) is 24.8 Å². The molecular formula is C21H27N3O5. The number of amides is 3. The van der Waals surface area contributed by atoms with E-state index in [0.717, 1.165) is 12.0 Å². The van der Waals surface area contributed by atoms with Gasteiger partial charge in [-0.05, 0) is 18.4 Å². The molecule has 8 nitrogen and oxygen atoms in total. The van der Waals surface area contributed by atoms with Crippen molar-refractivity contribution in [2.24, 2.45) is 5.41 Å². The van der Waals surface area contributed by atoms with E-state index in [0.29, 0.717) is 12.8 Å². The predicted molar refractivity (Wildman–Crippen MR) is 106 cm³/mol. The summed E-state index contributed by atoms with van der Waals surface area (Å²) in [4.78, 5) is 35.9. The van der Waals surface area contributed by atoms with Crippen molar-refractivity contribution in [1.29, 1.82) is 0 Å². The van der Waals surface area contributed by atoms with Gasteiger partial charge in [-0.2, -0.15) is 0 Å². The third-order valence-corrected chi connectivity index (χ3v) is 4.73. The first-order chi connectivity index (χ1) is 13.8. The van der Waals surface area contributed by atoms with Gasteiger partial charge < -0.3 is 10.6 Å². The third kappa shape index (κ3) is 6.85. The normalized spacial score (nSPS) is 18.0. The molecule has 0 radical (unpaired) electrons. The van der Waals surface area contributed by atoms with Crippen LogP contribution in [0.2, 0.25) is 0 Å². The Morgan fingerprint density at radius 1 is 1.07 bits per heavy atom. The lowest BCUT2D eigenvalue weighted by Crippen LogP contribution is -2.45. The minimum atomic E-state index is -0.946. The number of rotatable bonds is 9. The van der Waals surface area contributed by atoms with Gasteiger partial charge in [0.15, 0.2) is 0 Å². The summed E-state index contributed by atoms with van der Waals surface area (Å²) in [6.45, 7) is 2.46. The van der Waals surface area contributed by atoms with Crippen LogP contribution in [0.4, 0.5) is 0 Å². The molecule has 0 heterocycles. The van der Waals surface area contributed by atoms with Crippen molar-refractivity contribution in [1.82, 2.24) is 15.9 Å². The van der Waals surface area contributed by atoms with Crippen molar-refractivity contribution >= 4 is 17.7 Å². The summed E-state index contributed by atoms with van der Waals surface area (Å²) >= 11 is 0. The van der Waals surface area contributed by atoms with Crippen molar-refractivity contribution in [2.75, 3.05) is 13.1 Å². The Bertz CT molecular complexity index is 789. The number of hydroxylamine groups is 2. The molecule has 1 aromatic carbocycles. The summed E-state index contributed by atoms with van der Waals surface area (Å²) in [5.74, 6) is -1.18. The van der Waals surface area contributed by atoms with E-state index in [4.69, 9.17) is 10.4 Å². The van der Waals surface area contributed by atoms with Crippen LogP contribution in [-0.4, -0.2) is 46.5 Å². The smallest absolute Gasteiger partial charge is 0.303 e. The summed E-state index contributed by atoms with van der Waals surface area (Å²) in [6, 6.07) is 9.36. The summed E-state index contributed by atoms with van der Waals surface area (Å²) in [5.41, 5.74) is 0.407. The molecule has 0 aliphatic heterocycles. The number of carbonyl (C=O) groups excluding carboxylic acids is 3. The average Bonchev–Trinajstić information content (AvgIpc) is 2.72. The molecule has 1 aromatic rings. The van der Waals surface area contributed by atoms with Crippen molar-refractivity contribution in [3.05, 3.63) is 59.7 Å². The van der Waals surface area contributed by atoms with Gasteiger partial charge in [-0.1, -0.05) is 60.7 Å². The van der Waals surface area contributed by atoms with E-state index in [2.05, 4.69) is 10.6 Å². The minimum Gasteiger partial charge on any atom is -0.355 e. The summed E-state index contributed by atoms with van der Waals surface area (Å²) in [7, 11) is 0. The van der Waals surface area contributed by atoms with Gasteiger partial charge in [-0.15, -0.1) is 0 Å². The van der Waals surface area contributed by atoms with Crippen molar-refractivity contribution in [3.8, 4) is 0 Å². The predicted octanol–water partition coefficient (Wildman–Crippen LogP) is 1.74. The first kappa shape index (κ1) is 22.3. The number of hydrogen-bond donors (Lipinski definition) is 4. The minimum absolute atomic E-state index is 0.0846. The molecule has 4 N–H and O–H groups in total. The SMILES string of the molecule is CCCC(=O)NCC1(CNC(=O)Cc2ccccc2)C=CC(C(=O)N(O)O)=CC1. The lowest BCUT2D eigenvalue weighted by atomic mass is 9.79. The third-order valence-electron chi connectivity index (χ3n) is 4.73. The van der Waals surface area contributed by atoms with Gasteiger partial charge in [0.2, 0.25) is 11.8 Å². The first-order valence-electron chi connectivity index (χ1n) is 9.54. The van der Waals surface area contributed by atoms with Crippen LogP contribution in [0.5, 0.6) is 0 Å². The van der Waals surface area contributed by atoms with Crippen LogP contribution >= 0.6 is 0 Å². The van der Waals surface area contributed by atoms with Crippen LogP contribution in [0.25, 0.3) is 0 Å². The maximum atomic E-state index is 12.3. The second-order valence-electron chi connectivity index (χ2n) is 7.12. The highest BCUT2D eigenvalue weighted by Crippen LogP contribution is 2.29. The maximum Gasteiger partial charge on any atom is 0.303 e. The molecular weight excluding hydrogens is 374 g/mol. The topological polar surface area (TPSA) is 119 Å². The quantitative estimate of drug-likeness (QED) is 0.371. The molecule has 2 rings (SSSR count). The lowest BCUT2D eigenvalue weighted by molar-refractivity contribution is -0.281. The van der Waals surface area contributed by atoms with E-state index in [9.17, 15) is 14.4 Å². The number of allylic oxidation sites excluding steroid dienone is 1. The van der Waals surface area contributed by atoms with E-state index in [-0.39, 0.29) is 36.9 Å². The Labute approximate surface area is 169 Å².